The van der Waals surface area contributed by atoms with Crippen molar-refractivity contribution in [1.82, 2.24) is 9.97 Å². The predicted molar refractivity (Wildman–Crippen MR) is 91.6 cm³/mol. The molecule has 1 aliphatic rings. The van der Waals surface area contributed by atoms with E-state index in [-0.39, 0.29) is 0 Å². The molecule has 0 amide bonds. The predicted octanol–water partition coefficient (Wildman–Crippen LogP) is 5.35. The number of halogens is 2. The highest BCUT2D eigenvalue weighted by molar-refractivity contribution is 9.11. The van der Waals surface area contributed by atoms with Gasteiger partial charge in [-0.3, -0.25) is 0 Å². The Kier molecular flexibility index (Phi) is 4.15. The van der Waals surface area contributed by atoms with Crippen LogP contribution in [0.2, 0.25) is 0 Å². The van der Waals surface area contributed by atoms with Crippen molar-refractivity contribution in [3.8, 4) is 10.7 Å². The maximum Gasteiger partial charge on any atom is 0.171 e. The van der Waals surface area contributed by atoms with Gasteiger partial charge in [0.15, 0.2) is 5.82 Å². The molecule has 0 aromatic carbocycles. The van der Waals surface area contributed by atoms with E-state index >= 15 is 0 Å². The van der Waals surface area contributed by atoms with Gasteiger partial charge in [-0.1, -0.05) is 0 Å². The molecule has 2 aromatic heterocycles. The Hall–Kier alpha value is -0.460. The molecule has 6 heteroatoms. The van der Waals surface area contributed by atoms with Gasteiger partial charge >= 0.3 is 0 Å². The minimum atomic E-state index is 0.591. The van der Waals surface area contributed by atoms with E-state index in [4.69, 9.17) is 4.98 Å². The molecule has 1 aliphatic carbocycles. The summed E-state index contributed by atoms with van der Waals surface area (Å²) in [5, 5.41) is 3.33. The molecule has 0 atom stereocenters. The fourth-order valence-electron chi connectivity index (χ4n) is 2.06. The average Bonchev–Trinajstić information content (AvgIpc) is 3.19. The number of nitrogens with one attached hydrogen (secondary N) is 1. The standard InChI is InChI=1S/C14H15Br2N3S/c1-3-17-14-11(16)12(8-4-5-8)18-13(19-14)10-6-9(15)7(2)20-10/h6,8H,3-5H2,1-2H3,(H,17,18,19). The number of hydrogen-bond donors (Lipinski definition) is 1. The normalized spacial score (nSPS) is 14.6. The maximum atomic E-state index is 4.79. The summed E-state index contributed by atoms with van der Waals surface area (Å²) in [4.78, 5) is 11.8. The summed E-state index contributed by atoms with van der Waals surface area (Å²) in [5.41, 5.74) is 1.15. The van der Waals surface area contributed by atoms with Gasteiger partial charge in [0.2, 0.25) is 0 Å². The highest BCUT2D eigenvalue weighted by Gasteiger charge is 2.29. The maximum absolute atomic E-state index is 4.79. The van der Waals surface area contributed by atoms with Crippen LogP contribution in [0.3, 0.4) is 0 Å². The molecule has 3 nitrogen and oxygen atoms in total. The van der Waals surface area contributed by atoms with E-state index in [9.17, 15) is 0 Å². The summed E-state index contributed by atoms with van der Waals surface area (Å²) in [7, 11) is 0. The highest BCUT2D eigenvalue weighted by Crippen LogP contribution is 2.45. The van der Waals surface area contributed by atoms with Gasteiger partial charge in [-0.2, -0.15) is 0 Å². The monoisotopic (exact) mass is 415 g/mol. The first-order chi connectivity index (χ1) is 9.60. The third-order valence-corrected chi connectivity index (χ3v) is 6.18. The van der Waals surface area contributed by atoms with Crippen LogP contribution in [0.1, 0.15) is 36.3 Å². The van der Waals surface area contributed by atoms with Crippen molar-refractivity contribution >= 4 is 49.0 Å². The minimum Gasteiger partial charge on any atom is -0.369 e. The first-order valence-electron chi connectivity index (χ1n) is 6.67. The lowest BCUT2D eigenvalue weighted by atomic mass is 10.2. The molecular formula is C14H15Br2N3S. The molecule has 2 heterocycles. The molecule has 2 aromatic rings. The number of anilines is 1. The van der Waals surface area contributed by atoms with E-state index in [2.05, 4.69) is 62.1 Å². The molecular weight excluding hydrogens is 402 g/mol. The van der Waals surface area contributed by atoms with E-state index in [0.29, 0.717) is 5.92 Å². The van der Waals surface area contributed by atoms with E-state index in [1.54, 1.807) is 11.3 Å². The van der Waals surface area contributed by atoms with Crippen molar-refractivity contribution < 1.29 is 0 Å². The van der Waals surface area contributed by atoms with Crippen molar-refractivity contribution in [2.75, 3.05) is 11.9 Å². The molecule has 0 radical (unpaired) electrons. The second-order valence-corrected chi connectivity index (χ2v) is 7.82. The lowest BCUT2D eigenvalue weighted by molar-refractivity contribution is 0.976. The first-order valence-corrected chi connectivity index (χ1v) is 9.08. The van der Waals surface area contributed by atoms with Gasteiger partial charge in [-0.15, -0.1) is 11.3 Å². The van der Waals surface area contributed by atoms with E-state index in [1.807, 2.05) is 0 Å². The molecule has 1 saturated carbocycles. The van der Waals surface area contributed by atoms with Crippen LogP contribution in [0.5, 0.6) is 0 Å². The van der Waals surface area contributed by atoms with Gasteiger partial charge in [0, 0.05) is 21.8 Å². The van der Waals surface area contributed by atoms with Crippen LogP contribution < -0.4 is 5.32 Å². The van der Waals surface area contributed by atoms with Crippen LogP contribution in [-0.2, 0) is 0 Å². The lowest BCUT2D eigenvalue weighted by Gasteiger charge is -2.11. The zero-order valence-corrected chi connectivity index (χ0v) is 15.3. The van der Waals surface area contributed by atoms with Gasteiger partial charge in [-0.25, -0.2) is 9.97 Å². The fraction of sp³-hybridized carbons (Fsp3) is 0.429. The first kappa shape index (κ1) is 14.5. The summed E-state index contributed by atoms with van der Waals surface area (Å²) in [6.07, 6.45) is 2.46. The van der Waals surface area contributed by atoms with Gasteiger partial charge in [0.25, 0.3) is 0 Å². The van der Waals surface area contributed by atoms with Gasteiger partial charge in [0.05, 0.1) is 15.0 Å². The summed E-state index contributed by atoms with van der Waals surface area (Å²) in [6.45, 7) is 5.04. The third kappa shape index (κ3) is 2.78. The molecule has 1 fully saturated rings. The number of nitrogens with zero attached hydrogens (tertiary/aromatic N) is 2. The number of aromatic nitrogens is 2. The zero-order valence-electron chi connectivity index (χ0n) is 11.3. The Morgan fingerprint density at radius 1 is 1.35 bits per heavy atom. The lowest BCUT2D eigenvalue weighted by Crippen LogP contribution is -2.05. The summed E-state index contributed by atoms with van der Waals surface area (Å²) >= 11 is 8.95. The van der Waals surface area contributed by atoms with Crippen LogP contribution in [0.4, 0.5) is 5.82 Å². The molecule has 106 valence electrons. The summed E-state index contributed by atoms with van der Waals surface area (Å²) in [5.74, 6) is 2.32. The number of rotatable bonds is 4. The largest absolute Gasteiger partial charge is 0.369 e. The van der Waals surface area contributed by atoms with Gasteiger partial charge in [0.1, 0.15) is 5.82 Å². The van der Waals surface area contributed by atoms with E-state index < -0.39 is 0 Å². The second-order valence-electron chi connectivity index (χ2n) is 4.91. The Bertz CT molecular complexity index is 631. The minimum absolute atomic E-state index is 0.591. The Morgan fingerprint density at radius 3 is 2.65 bits per heavy atom. The van der Waals surface area contributed by atoms with Crippen LogP contribution in [-0.4, -0.2) is 16.5 Å². The smallest absolute Gasteiger partial charge is 0.171 e. The Balaban J connectivity index is 2.10. The van der Waals surface area contributed by atoms with Crippen molar-refractivity contribution in [1.29, 1.82) is 0 Å². The third-order valence-electron chi connectivity index (χ3n) is 3.26. The van der Waals surface area contributed by atoms with Crippen molar-refractivity contribution in [2.24, 2.45) is 0 Å². The number of thiophene rings is 1. The van der Waals surface area contributed by atoms with Gasteiger partial charge in [-0.05, 0) is 64.6 Å². The van der Waals surface area contributed by atoms with E-state index in [1.165, 1.54) is 17.7 Å². The van der Waals surface area contributed by atoms with Gasteiger partial charge < -0.3 is 5.32 Å². The molecule has 0 unspecified atom stereocenters. The molecule has 0 spiro atoms. The molecule has 0 bridgehead atoms. The van der Waals surface area contributed by atoms with E-state index in [0.717, 1.165) is 37.7 Å². The van der Waals surface area contributed by atoms with Crippen molar-refractivity contribution in [3.05, 3.63) is 25.6 Å². The van der Waals surface area contributed by atoms with Crippen molar-refractivity contribution in [2.45, 2.75) is 32.6 Å². The molecule has 0 aliphatic heterocycles. The summed E-state index contributed by atoms with van der Waals surface area (Å²) < 4.78 is 2.15. The highest BCUT2D eigenvalue weighted by atomic mass is 79.9. The van der Waals surface area contributed by atoms with Crippen LogP contribution in [0, 0.1) is 6.92 Å². The second kappa shape index (κ2) is 5.73. The van der Waals surface area contributed by atoms with Crippen LogP contribution >= 0.6 is 43.2 Å². The SMILES string of the molecule is CCNc1nc(-c2cc(Br)c(C)s2)nc(C2CC2)c1Br. The zero-order chi connectivity index (χ0) is 14.3. The fourth-order valence-corrected chi connectivity index (χ4v) is 4.17. The molecule has 20 heavy (non-hydrogen) atoms. The molecule has 3 rings (SSSR count). The van der Waals surface area contributed by atoms with Crippen molar-refractivity contribution in [3.63, 3.8) is 0 Å². The Morgan fingerprint density at radius 2 is 2.10 bits per heavy atom. The van der Waals surface area contributed by atoms with Crippen LogP contribution in [0.25, 0.3) is 10.7 Å². The number of aryl methyl sites for hydroxylation is 1. The van der Waals surface area contributed by atoms with Crippen LogP contribution in [0.15, 0.2) is 15.0 Å². The summed E-state index contributed by atoms with van der Waals surface area (Å²) in [6, 6.07) is 2.11. The average molecular weight is 417 g/mol. The number of hydrogen-bond acceptors (Lipinski definition) is 4. The quantitative estimate of drug-likeness (QED) is 0.729. The topological polar surface area (TPSA) is 37.8 Å². The molecule has 1 N–H and O–H groups in total. The Labute approximate surface area is 139 Å². The molecule has 0 saturated heterocycles.